The Hall–Kier alpha value is -2.21. The van der Waals surface area contributed by atoms with E-state index in [4.69, 9.17) is 0 Å². The summed E-state index contributed by atoms with van der Waals surface area (Å²) in [5.41, 5.74) is 1.28. The minimum Gasteiger partial charge on any atom is -0.339 e. The Labute approximate surface area is 148 Å². The number of piperidine rings is 1. The van der Waals surface area contributed by atoms with E-state index in [-0.39, 0.29) is 12.1 Å². The molecule has 2 aliphatic rings. The van der Waals surface area contributed by atoms with Crippen molar-refractivity contribution < 1.29 is 4.79 Å². The lowest BCUT2D eigenvalue weighted by molar-refractivity contribution is -0.137. The first-order valence-corrected chi connectivity index (χ1v) is 9.22. The Morgan fingerprint density at radius 2 is 1.96 bits per heavy atom. The molecule has 132 valence electrons. The van der Waals surface area contributed by atoms with E-state index in [1.54, 1.807) is 12.7 Å². The lowest BCUT2D eigenvalue weighted by atomic mass is 10.0. The van der Waals surface area contributed by atoms with Crippen LogP contribution in [0, 0.1) is 0 Å². The number of likely N-dealkylation sites (tertiary alicyclic amines) is 2. The summed E-state index contributed by atoms with van der Waals surface area (Å²) in [7, 11) is 0. The van der Waals surface area contributed by atoms with Crippen molar-refractivity contribution in [3.63, 3.8) is 0 Å². The Morgan fingerprint density at radius 3 is 2.76 bits per heavy atom. The summed E-state index contributed by atoms with van der Waals surface area (Å²) >= 11 is 0. The van der Waals surface area contributed by atoms with Crippen molar-refractivity contribution in [2.45, 2.75) is 44.3 Å². The first-order chi connectivity index (χ1) is 12.3. The van der Waals surface area contributed by atoms with Crippen molar-refractivity contribution in [2.75, 3.05) is 19.6 Å². The van der Waals surface area contributed by atoms with Crippen LogP contribution in [0.4, 0.5) is 0 Å². The SMILES string of the molecule is O=C([C@H]1CCCN1Cc1ccccc1)N1CCC[C@@H](n2cncn2)C1. The monoisotopic (exact) mass is 339 g/mol. The summed E-state index contributed by atoms with van der Waals surface area (Å²) in [5.74, 6) is 0.290. The van der Waals surface area contributed by atoms with E-state index in [1.807, 2.05) is 15.6 Å². The predicted molar refractivity (Wildman–Crippen MR) is 94.7 cm³/mol. The molecule has 0 bridgehead atoms. The number of nitrogens with zero attached hydrogens (tertiary/aromatic N) is 5. The van der Waals surface area contributed by atoms with Gasteiger partial charge in [-0.3, -0.25) is 9.69 Å². The Bertz CT molecular complexity index is 687. The van der Waals surface area contributed by atoms with Crippen LogP contribution in [0.25, 0.3) is 0 Å². The highest BCUT2D eigenvalue weighted by molar-refractivity contribution is 5.82. The van der Waals surface area contributed by atoms with Crippen molar-refractivity contribution >= 4 is 5.91 Å². The summed E-state index contributed by atoms with van der Waals surface area (Å²) in [6.45, 7) is 3.47. The summed E-state index contributed by atoms with van der Waals surface area (Å²) in [6, 6.07) is 10.7. The van der Waals surface area contributed by atoms with Gasteiger partial charge in [0.2, 0.25) is 5.91 Å². The minimum atomic E-state index is 0.0229. The Morgan fingerprint density at radius 1 is 1.12 bits per heavy atom. The van der Waals surface area contributed by atoms with Crippen LogP contribution in [0.2, 0.25) is 0 Å². The minimum absolute atomic E-state index is 0.0229. The second kappa shape index (κ2) is 7.35. The van der Waals surface area contributed by atoms with E-state index in [2.05, 4.69) is 39.2 Å². The predicted octanol–water partition coefficient (Wildman–Crippen LogP) is 2.11. The molecule has 0 saturated carbocycles. The first-order valence-electron chi connectivity index (χ1n) is 9.22. The fourth-order valence-corrected chi connectivity index (χ4v) is 4.10. The topological polar surface area (TPSA) is 54.3 Å². The Kier molecular flexibility index (Phi) is 4.78. The highest BCUT2D eigenvalue weighted by Gasteiger charge is 2.35. The zero-order valence-corrected chi connectivity index (χ0v) is 14.5. The van der Waals surface area contributed by atoms with Crippen molar-refractivity contribution in [3.05, 3.63) is 48.5 Å². The second-order valence-electron chi connectivity index (χ2n) is 7.07. The normalized spacial score (nSPS) is 24.6. The summed E-state index contributed by atoms with van der Waals surface area (Å²) in [4.78, 5) is 21.6. The van der Waals surface area contributed by atoms with Gasteiger partial charge in [0.15, 0.2) is 0 Å². The van der Waals surface area contributed by atoms with E-state index < -0.39 is 0 Å². The van der Waals surface area contributed by atoms with Crippen LogP contribution in [0.15, 0.2) is 43.0 Å². The van der Waals surface area contributed by atoms with E-state index in [1.165, 1.54) is 5.56 Å². The van der Waals surface area contributed by atoms with Gasteiger partial charge in [-0.2, -0.15) is 5.10 Å². The van der Waals surface area contributed by atoms with Crippen LogP contribution in [0.1, 0.15) is 37.3 Å². The molecular formula is C19H25N5O. The molecule has 2 aliphatic heterocycles. The smallest absolute Gasteiger partial charge is 0.240 e. The van der Waals surface area contributed by atoms with E-state index in [9.17, 15) is 4.79 Å². The van der Waals surface area contributed by atoms with E-state index >= 15 is 0 Å². The first kappa shape index (κ1) is 16.3. The van der Waals surface area contributed by atoms with Crippen LogP contribution in [-0.2, 0) is 11.3 Å². The largest absolute Gasteiger partial charge is 0.339 e. The average Bonchev–Trinajstić information content (AvgIpc) is 3.34. The zero-order valence-electron chi connectivity index (χ0n) is 14.5. The molecule has 0 N–H and O–H groups in total. The molecule has 25 heavy (non-hydrogen) atoms. The molecular weight excluding hydrogens is 314 g/mol. The average molecular weight is 339 g/mol. The highest BCUT2D eigenvalue weighted by Crippen LogP contribution is 2.26. The molecule has 0 radical (unpaired) electrons. The number of rotatable bonds is 4. The molecule has 0 unspecified atom stereocenters. The number of hydrogen-bond donors (Lipinski definition) is 0. The third-order valence-corrected chi connectivity index (χ3v) is 5.40. The van der Waals surface area contributed by atoms with Crippen molar-refractivity contribution in [1.82, 2.24) is 24.6 Å². The molecule has 2 aromatic rings. The second-order valence-corrected chi connectivity index (χ2v) is 7.07. The molecule has 0 aliphatic carbocycles. The van der Waals surface area contributed by atoms with Gasteiger partial charge in [0.25, 0.3) is 0 Å². The maximum Gasteiger partial charge on any atom is 0.240 e. The number of amides is 1. The molecule has 2 atom stereocenters. The van der Waals surface area contributed by atoms with Gasteiger partial charge in [-0.1, -0.05) is 30.3 Å². The van der Waals surface area contributed by atoms with Crippen molar-refractivity contribution in [1.29, 1.82) is 0 Å². The summed E-state index contributed by atoms with van der Waals surface area (Å²) in [6.07, 6.45) is 7.49. The van der Waals surface area contributed by atoms with Crippen molar-refractivity contribution in [2.24, 2.45) is 0 Å². The van der Waals surface area contributed by atoms with Crippen LogP contribution < -0.4 is 0 Å². The van der Waals surface area contributed by atoms with Gasteiger partial charge < -0.3 is 4.90 Å². The number of carbonyl (C=O) groups excluding carboxylic acids is 1. The third-order valence-electron chi connectivity index (χ3n) is 5.40. The summed E-state index contributed by atoms with van der Waals surface area (Å²) < 4.78 is 1.90. The van der Waals surface area contributed by atoms with Gasteiger partial charge in [-0.05, 0) is 37.8 Å². The van der Waals surface area contributed by atoms with Gasteiger partial charge in [-0.15, -0.1) is 0 Å². The van der Waals surface area contributed by atoms with Crippen LogP contribution >= 0.6 is 0 Å². The van der Waals surface area contributed by atoms with Gasteiger partial charge in [0.1, 0.15) is 12.7 Å². The van der Waals surface area contributed by atoms with Crippen molar-refractivity contribution in [3.8, 4) is 0 Å². The van der Waals surface area contributed by atoms with Gasteiger partial charge >= 0.3 is 0 Å². The molecule has 2 fully saturated rings. The number of carbonyl (C=O) groups is 1. The molecule has 6 heteroatoms. The highest BCUT2D eigenvalue weighted by atomic mass is 16.2. The maximum atomic E-state index is 13.2. The molecule has 1 aromatic carbocycles. The summed E-state index contributed by atoms with van der Waals surface area (Å²) in [5, 5.41) is 4.26. The van der Waals surface area contributed by atoms with E-state index in [0.29, 0.717) is 5.91 Å². The zero-order chi connectivity index (χ0) is 17.1. The fraction of sp³-hybridized carbons (Fsp3) is 0.526. The lowest BCUT2D eigenvalue weighted by Crippen LogP contribution is -2.49. The van der Waals surface area contributed by atoms with Gasteiger partial charge in [0, 0.05) is 19.6 Å². The van der Waals surface area contributed by atoms with Crippen LogP contribution in [0.5, 0.6) is 0 Å². The number of hydrogen-bond acceptors (Lipinski definition) is 4. The van der Waals surface area contributed by atoms with Crippen LogP contribution in [-0.4, -0.2) is 56.1 Å². The standard InChI is InChI=1S/C19H25N5O/c25-19(23-11-4-8-17(13-23)24-15-20-14-21-24)18-9-5-10-22(18)12-16-6-2-1-3-7-16/h1-3,6-7,14-15,17-18H,4-5,8-13H2/t17-,18-/m1/s1. The van der Waals surface area contributed by atoms with E-state index in [0.717, 1.165) is 51.9 Å². The quantitative estimate of drug-likeness (QED) is 0.856. The third kappa shape index (κ3) is 3.58. The Balaban J connectivity index is 1.42. The molecule has 2 saturated heterocycles. The van der Waals surface area contributed by atoms with Gasteiger partial charge in [0.05, 0.1) is 12.1 Å². The number of aromatic nitrogens is 3. The molecule has 0 spiro atoms. The fourth-order valence-electron chi connectivity index (χ4n) is 4.10. The molecule has 3 heterocycles. The lowest BCUT2D eigenvalue weighted by Gasteiger charge is -2.36. The molecule has 1 aromatic heterocycles. The molecule has 4 rings (SSSR count). The number of benzene rings is 1. The molecule has 1 amide bonds. The van der Waals surface area contributed by atoms with Gasteiger partial charge in [-0.25, -0.2) is 9.67 Å². The maximum absolute atomic E-state index is 13.2. The van der Waals surface area contributed by atoms with Crippen LogP contribution in [0.3, 0.4) is 0 Å². The molecule has 6 nitrogen and oxygen atoms in total.